The van der Waals surface area contributed by atoms with E-state index >= 15 is 0 Å². The number of hydrogen-bond acceptors (Lipinski definition) is 2. The third-order valence-electron chi connectivity index (χ3n) is 2.38. The molecule has 0 N–H and O–H groups in total. The number of aromatic nitrogens is 1. The molecule has 1 aliphatic heterocycles. The molecule has 1 aromatic rings. The van der Waals surface area contributed by atoms with E-state index < -0.39 is 0 Å². The van der Waals surface area contributed by atoms with E-state index in [1.807, 2.05) is 33.8 Å². The first-order chi connectivity index (χ1) is 7.16. The number of hydrogen-bond donors (Lipinski definition) is 0. The van der Waals surface area contributed by atoms with Crippen molar-refractivity contribution in [3.63, 3.8) is 0 Å². The molecule has 15 heavy (non-hydrogen) atoms. The van der Waals surface area contributed by atoms with Gasteiger partial charge >= 0.3 is 0 Å². The lowest BCUT2D eigenvalue weighted by Crippen LogP contribution is -2.08. The lowest BCUT2D eigenvalue weighted by atomic mass is 10.0. The Morgan fingerprint density at radius 1 is 1.13 bits per heavy atom. The number of nitrogens with zero attached hydrogens (tertiary/aromatic N) is 1. The van der Waals surface area contributed by atoms with Gasteiger partial charge in [0.1, 0.15) is 5.76 Å². The molecule has 2 heteroatoms. The van der Waals surface area contributed by atoms with Crippen LogP contribution in [0.5, 0.6) is 5.88 Å². The van der Waals surface area contributed by atoms with Crippen LogP contribution in [0.15, 0.2) is 23.5 Å². The van der Waals surface area contributed by atoms with Crippen molar-refractivity contribution in [3.05, 3.63) is 34.7 Å². The summed E-state index contributed by atoms with van der Waals surface area (Å²) >= 11 is 0. The third kappa shape index (κ3) is 2.58. The van der Waals surface area contributed by atoms with Gasteiger partial charge in [0.25, 0.3) is 0 Å². The number of pyridine rings is 1. The Morgan fingerprint density at radius 2 is 1.80 bits per heavy atom. The summed E-state index contributed by atoms with van der Waals surface area (Å²) in [5, 5.41) is 0. The van der Waals surface area contributed by atoms with Crippen molar-refractivity contribution < 1.29 is 4.74 Å². The Kier molecular flexibility index (Phi) is 3.89. The number of aryl methyl sites for hydroxylation is 1. The number of ether oxygens (including phenoxy) is 1. The van der Waals surface area contributed by atoms with Crippen LogP contribution < -0.4 is 4.74 Å². The summed E-state index contributed by atoms with van der Waals surface area (Å²) in [6.07, 6.45) is 0.967. The summed E-state index contributed by atoms with van der Waals surface area (Å²) in [4.78, 5) is 4.34. The highest BCUT2D eigenvalue weighted by molar-refractivity contribution is 5.36. The summed E-state index contributed by atoms with van der Waals surface area (Å²) in [5.74, 6) is 1.77. The van der Waals surface area contributed by atoms with Gasteiger partial charge in [-0.1, -0.05) is 19.9 Å². The van der Waals surface area contributed by atoms with Gasteiger partial charge in [-0.15, -0.1) is 0 Å². The fraction of sp³-hybridized carbons (Fsp3) is 0.462. The maximum Gasteiger partial charge on any atom is 0.222 e. The van der Waals surface area contributed by atoms with Gasteiger partial charge in [-0.25, -0.2) is 4.98 Å². The van der Waals surface area contributed by atoms with Crippen molar-refractivity contribution >= 4 is 0 Å². The van der Waals surface area contributed by atoms with Crippen LogP contribution in [0.4, 0.5) is 0 Å². The van der Waals surface area contributed by atoms with E-state index in [4.69, 9.17) is 4.74 Å². The lowest BCUT2D eigenvalue weighted by Gasteiger charge is -2.18. The second-order valence-corrected chi connectivity index (χ2v) is 3.53. The fourth-order valence-corrected chi connectivity index (χ4v) is 1.43. The molecule has 0 spiro atoms. The van der Waals surface area contributed by atoms with E-state index in [2.05, 4.69) is 18.0 Å². The molecule has 0 atom stereocenters. The Morgan fingerprint density at radius 3 is 2.47 bits per heavy atom. The molecule has 0 bridgehead atoms. The fourth-order valence-electron chi connectivity index (χ4n) is 1.43. The summed E-state index contributed by atoms with van der Waals surface area (Å²) < 4.78 is 5.59. The zero-order valence-electron chi connectivity index (χ0n) is 10.2. The number of fused-ring (bicyclic) bond motifs is 1. The molecule has 0 aromatic carbocycles. The minimum atomic E-state index is 0.781. The maximum absolute atomic E-state index is 5.59. The van der Waals surface area contributed by atoms with E-state index in [0.717, 1.165) is 23.8 Å². The van der Waals surface area contributed by atoms with Crippen LogP contribution in [0, 0.1) is 6.92 Å². The molecule has 0 unspecified atom stereocenters. The minimum Gasteiger partial charge on any atom is -0.443 e. The maximum atomic E-state index is 5.59. The van der Waals surface area contributed by atoms with E-state index in [1.54, 1.807) is 0 Å². The van der Waals surface area contributed by atoms with Crippen LogP contribution in [0.1, 0.15) is 39.0 Å². The third-order valence-corrected chi connectivity index (χ3v) is 2.38. The predicted molar refractivity (Wildman–Crippen MR) is 63.0 cm³/mol. The monoisotopic (exact) mass is 205 g/mol. The molecule has 0 radical (unpaired) electrons. The molecule has 2 rings (SSSR count). The molecule has 82 valence electrons. The molecule has 1 aliphatic rings. The van der Waals surface area contributed by atoms with Crippen molar-refractivity contribution in [3.8, 4) is 5.88 Å². The second kappa shape index (κ2) is 4.96. The molecule has 0 aliphatic carbocycles. The van der Waals surface area contributed by atoms with Crippen LogP contribution in [-0.4, -0.2) is 4.98 Å². The van der Waals surface area contributed by atoms with Gasteiger partial charge in [-0.05, 0) is 32.4 Å². The largest absolute Gasteiger partial charge is 0.443 e. The van der Waals surface area contributed by atoms with Gasteiger partial charge < -0.3 is 4.74 Å². The Bertz CT molecular complexity index is 380. The predicted octanol–water partition coefficient (Wildman–Crippen LogP) is 3.65. The molecular weight excluding hydrogens is 186 g/mol. The summed E-state index contributed by atoms with van der Waals surface area (Å²) in [6, 6.07) is 4.11. The SMILES string of the molecule is CC.CC1=C(C)Oc2nc(C)ccc2C1. The van der Waals surface area contributed by atoms with E-state index in [0.29, 0.717) is 0 Å². The van der Waals surface area contributed by atoms with Gasteiger partial charge in [-0.3, -0.25) is 0 Å². The average Bonchev–Trinajstić information content (AvgIpc) is 2.23. The summed E-state index contributed by atoms with van der Waals surface area (Å²) in [6.45, 7) is 10.1. The molecule has 0 fully saturated rings. The summed E-state index contributed by atoms with van der Waals surface area (Å²) in [7, 11) is 0. The highest BCUT2D eigenvalue weighted by Crippen LogP contribution is 2.27. The van der Waals surface area contributed by atoms with Gasteiger partial charge in [-0.2, -0.15) is 0 Å². The van der Waals surface area contributed by atoms with Crippen molar-refractivity contribution in [2.24, 2.45) is 0 Å². The van der Waals surface area contributed by atoms with Crippen LogP contribution in [0.25, 0.3) is 0 Å². The van der Waals surface area contributed by atoms with Crippen molar-refractivity contribution in [1.82, 2.24) is 4.98 Å². The highest BCUT2D eigenvalue weighted by atomic mass is 16.5. The van der Waals surface area contributed by atoms with Crippen molar-refractivity contribution in [2.75, 3.05) is 0 Å². The minimum absolute atomic E-state index is 0.781. The van der Waals surface area contributed by atoms with Gasteiger partial charge in [0.15, 0.2) is 0 Å². The molecule has 2 nitrogen and oxygen atoms in total. The van der Waals surface area contributed by atoms with Gasteiger partial charge in [0.2, 0.25) is 5.88 Å². The molecule has 0 amide bonds. The molecule has 0 saturated heterocycles. The van der Waals surface area contributed by atoms with E-state index in [1.165, 1.54) is 11.1 Å². The lowest BCUT2D eigenvalue weighted by molar-refractivity contribution is 0.386. The normalized spacial score (nSPS) is 13.7. The quantitative estimate of drug-likeness (QED) is 0.645. The van der Waals surface area contributed by atoms with Crippen molar-refractivity contribution in [2.45, 2.75) is 41.0 Å². The van der Waals surface area contributed by atoms with E-state index in [9.17, 15) is 0 Å². The molecule has 0 saturated carbocycles. The zero-order valence-corrected chi connectivity index (χ0v) is 10.2. The molecular formula is C13H19NO. The first-order valence-electron chi connectivity index (χ1n) is 5.47. The average molecular weight is 205 g/mol. The first kappa shape index (κ1) is 11.8. The van der Waals surface area contributed by atoms with Gasteiger partial charge in [0, 0.05) is 17.7 Å². The van der Waals surface area contributed by atoms with E-state index in [-0.39, 0.29) is 0 Å². The molecule has 1 aromatic heterocycles. The van der Waals surface area contributed by atoms with Gasteiger partial charge in [0.05, 0.1) is 0 Å². The Labute approximate surface area is 92.0 Å². The first-order valence-corrected chi connectivity index (χ1v) is 5.47. The number of allylic oxidation sites excluding steroid dienone is 2. The summed E-state index contributed by atoms with van der Waals surface area (Å²) in [5.41, 5.74) is 3.48. The van der Waals surface area contributed by atoms with Crippen LogP contribution >= 0.6 is 0 Å². The second-order valence-electron chi connectivity index (χ2n) is 3.53. The van der Waals surface area contributed by atoms with Crippen LogP contribution in [0.2, 0.25) is 0 Å². The Hall–Kier alpha value is -1.31. The van der Waals surface area contributed by atoms with Crippen LogP contribution in [-0.2, 0) is 6.42 Å². The van der Waals surface area contributed by atoms with Crippen LogP contribution in [0.3, 0.4) is 0 Å². The Balaban J connectivity index is 0.000000531. The standard InChI is InChI=1S/C11H13NO.C2H6/c1-7-6-10-5-4-8(2)12-11(10)13-9(7)3;1-2/h4-5H,6H2,1-3H3;1-2H3. The smallest absolute Gasteiger partial charge is 0.222 e. The number of rotatable bonds is 0. The van der Waals surface area contributed by atoms with Crippen molar-refractivity contribution in [1.29, 1.82) is 0 Å². The highest BCUT2D eigenvalue weighted by Gasteiger charge is 2.14. The molecule has 2 heterocycles. The topological polar surface area (TPSA) is 22.1 Å². The zero-order chi connectivity index (χ0) is 11.4.